The lowest BCUT2D eigenvalue weighted by molar-refractivity contribution is 0.438. The average Bonchev–Trinajstić information content (AvgIpc) is 3.36. The summed E-state index contributed by atoms with van der Waals surface area (Å²) in [5.74, 6) is 0.638. The van der Waals surface area contributed by atoms with E-state index in [0.29, 0.717) is 18.3 Å². The third kappa shape index (κ3) is 3.71. The molecule has 26 heavy (non-hydrogen) atoms. The predicted molar refractivity (Wildman–Crippen MR) is 99.1 cm³/mol. The lowest BCUT2D eigenvalue weighted by Crippen LogP contribution is -2.22. The summed E-state index contributed by atoms with van der Waals surface area (Å²) in [6.07, 6.45) is 0. The maximum atomic E-state index is 13.3. The van der Waals surface area contributed by atoms with Gasteiger partial charge in [0.2, 0.25) is 11.8 Å². The normalized spacial score (nSPS) is 12.2. The maximum absolute atomic E-state index is 13.3. The van der Waals surface area contributed by atoms with Crippen LogP contribution >= 0.6 is 11.3 Å². The van der Waals surface area contributed by atoms with Gasteiger partial charge in [-0.3, -0.25) is 5.32 Å². The Morgan fingerprint density at radius 1 is 0.962 bits per heavy atom. The van der Waals surface area contributed by atoms with Crippen LogP contribution < -0.4 is 5.32 Å². The van der Waals surface area contributed by atoms with E-state index in [9.17, 15) is 4.39 Å². The van der Waals surface area contributed by atoms with Crippen LogP contribution in [0.1, 0.15) is 22.4 Å². The summed E-state index contributed by atoms with van der Waals surface area (Å²) in [5, 5.41) is 13.9. The molecule has 1 atom stereocenters. The van der Waals surface area contributed by atoms with Gasteiger partial charge in [-0.25, -0.2) is 4.39 Å². The SMILES string of the molecule is Fc1ccc(C(NCc2cccs2)c2nnc(-c3ccccc3)o2)cc1. The summed E-state index contributed by atoms with van der Waals surface area (Å²) >= 11 is 1.67. The first-order valence-corrected chi connectivity index (χ1v) is 9.07. The molecule has 0 fully saturated rings. The quantitative estimate of drug-likeness (QED) is 0.532. The minimum atomic E-state index is -0.317. The van der Waals surface area contributed by atoms with Crippen LogP contribution in [-0.2, 0) is 6.54 Å². The second kappa shape index (κ2) is 7.59. The molecule has 4 aromatic rings. The molecule has 0 aliphatic carbocycles. The van der Waals surface area contributed by atoms with Crippen LogP contribution in [-0.4, -0.2) is 10.2 Å². The molecule has 0 radical (unpaired) electrons. The molecule has 2 heterocycles. The first-order valence-electron chi connectivity index (χ1n) is 8.19. The van der Waals surface area contributed by atoms with Crippen LogP contribution in [0.25, 0.3) is 11.5 Å². The topological polar surface area (TPSA) is 51.0 Å². The van der Waals surface area contributed by atoms with Crippen molar-refractivity contribution in [1.29, 1.82) is 0 Å². The molecule has 0 amide bonds. The maximum Gasteiger partial charge on any atom is 0.247 e. The van der Waals surface area contributed by atoms with E-state index >= 15 is 0 Å². The van der Waals surface area contributed by atoms with Gasteiger partial charge in [-0.05, 0) is 41.3 Å². The lowest BCUT2D eigenvalue weighted by Gasteiger charge is -2.15. The molecule has 1 N–H and O–H groups in total. The smallest absolute Gasteiger partial charge is 0.247 e. The van der Waals surface area contributed by atoms with Crippen molar-refractivity contribution in [3.05, 3.63) is 94.3 Å². The number of benzene rings is 2. The molecule has 0 aliphatic heterocycles. The molecule has 4 nitrogen and oxygen atoms in total. The molecule has 0 saturated heterocycles. The number of hydrogen-bond donors (Lipinski definition) is 1. The highest BCUT2D eigenvalue weighted by molar-refractivity contribution is 7.09. The van der Waals surface area contributed by atoms with Gasteiger partial charge in [-0.1, -0.05) is 36.4 Å². The zero-order chi connectivity index (χ0) is 17.8. The summed E-state index contributed by atoms with van der Waals surface area (Å²) in [5.41, 5.74) is 1.73. The molecule has 6 heteroatoms. The van der Waals surface area contributed by atoms with E-state index in [2.05, 4.69) is 21.6 Å². The van der Waals surface area contributed by atoms with Crippen LogP contribution in [0.5, 0.6) is 0 Å². The van der Waals surface area contributed by atoms with Crippen molar-refractivity contribution in [1.82, 2.24) is 15.5 Å². The minimum absolute atomic E-state index is 0.277. The molecule has 0 saturated carbocycles. The summed E-state index contributed by atoms with van der Waals surface area (Å²) < 4.78 is 19.2. The molecular formula is C20H16FN3OS. The molecule has 4 rings (SSSR count). The Labute approximate surface area is 154 Å². The van der Waals surface area contributed by atoms with Crippen LogP contribution in [0.2, 0.25) is 0 Å². The summed E-state index contributed by atoms with van der Waals surface area (Å²) in [7, 11) is 0. The number of hydrogen-bond acceptors (Lipinski definition) is 5. The van der Waals surface area contributed by atoms with Crippen LogP contribution in [0.4, 0.5) is 4.39 Å². The van der Waals surface area contributed by atoms with Crippen molar-refractivity contribution in [2.75, 3.05) is 0 Å². The summed E-state index contributed by atoms with van der Waals surface area (Å²) in [4.78, 5) is 1.19. The van der Waals surface area contributed by atoms with E-state index in [1.54, 1.807) is 23.5 Å². The number of aromatic nitrogens is 2. The van der Waals surface area contributed by atoms with Gasteiger partial charge in [-0.15, -0.1) is 21.5 Å². The van der Waals surface area contributed by atoms with Gasteiger partial charge >= 0.3 is 0 Å². The number of nitrogens with one attached hydrogen (secondary N) is 1. The van der Waals surface area contributed by atoms with Gasteiger partial charge in [0, 0.05) is 17.0 Å². The third-order valence-corrected chi connectivity index (χ3v) is 4.85. The monoisotopic (exact) mass is 365 g/mol. The Morgan fingerprint density at radius 2 is 1.77 bits per heavy atom. The van der Waals surface area contributed by atoms with E-state index in [-0.39, 0.29) is 11.9 Å². The highest BCUT2D eigenvalue weighted by Gasteiger charge is 2.21. The summed E-state index contributed by atoms with van der Waals surface area (Å²) in [6, 6.07) is 19.7. The van der Waals surface area contributed by atoms with Crippen molar-refractivity contribution in [3.8, 4) is 11.5 Å². The average molecular weight is 365 g/mol. The number of halogens is 1. The molecular weight excluding hydrogens is 349 g/mol. The zero-order valence-electron chi connectivity index (χ0n) is 13.8. The largest absolute Gasteiger partial charge is 0.419 e. The van der Waals surface area contributed by atoms with Crippen molar-refractivity contribution in [3.63, 3.8) is 0 Å². The van der Waals surface area contributed by atoms with Crippen LogP contribution in [0.15, 0.2) is 76.5 Å². The van der Waals surface area contributed by atoms with E-state index in [1.165, 1.54) is 17.0 Å². The van der Waals surface area contributed by atoms with Gasteiger partial charge in [-0.2, -0.15) is 0 Å². The fourth-order valence-corrected chi connectivity index (χ4v) is 3.32. The Bertz CT molecular complexity index is 952. The van der Waals surface area contributed by atoms with Gasteiger partial charge in [0.15, 0.2) is 0 Å². The van der Waals surface area contributed by atoms with E-state index in [0.717, 1.165) is 11.1 Å². The fraction of sp³-hybridized carbons (Fsp3) is 0.100. The molecule has 0 bridgehead atoms. The van der Waals surface area contributed by atoms with Crippen LogP contribution in [0, 0.1) is 5.82 Å². The van der Waals surface area contributed by atoms with Gasteiger partial charge in [0.05, 0.1) is 0 Å². The Morgan fingerprint density at radius 3 is 2.50 bits per heavy atom. The zero-order valence-corrected chi connectivity index (χ0v) is 14.6. The molecule has 0 spiro atoms. The highest BCUT2D eigenvalue weighted by Crippen LogP contribution is 2.26. The molecule has 130 valence electrons. The van der Waals surface area contributed by atoms with Gasteiger partial charge in [0.25, 0.3) is 0 Å². The first kappa shape index (κ1) is 16.6. The van der Waals surface area contributed by atoms with Crippen molar-refractivity contribution >= 4 is 11.3 Å². The second-order valence-corrected chi connectivity index (χ2v) is 6.79. The van der Waals surface area contributed by atoms with Crippen LogP contribution in [0.3, 0.4) is 0 Å². The first-order chi connectivity index (χ1) is 12.8. The van der Waals surface area contributed by atoms with E-state index < -0.39 is 0 Å². The van der Waals surface area contributed by atoms with Crippen molar-refractivity contribution in [2.45, 2.75) is 12.6 Å². The highest BCUT2D eigenvalue weighted by atomic mass is 32.1. The third-order valence-electron chi connectivity index (χ3n) is 3.97. The van der Waals surface area contributed by atoms with E-state index in [1.807, 2.05) is 41.8 Å². The van der Waals surface area contributed by atoms with Crippen molar-refractivity contribution in [2.24, 2.45) is 0 Å². The van der Waals surface area contributed by atoms with Gasteiger partial charge < -0.3 is 4.42 Å². The fourth-order valence-electron chi connectivity index (χ4n) is 2.67. The summed E-state index contributed by atoms with van der Waals surface area (Å²) in [6.45, 7) is 0.656. The number of rotatable bonds is 6. The predicted octanol–water partition coefficient (Wildman–Crippen LogP) is 4.82. The number of thiophene rings is 1. The standard InChI is InChI=1S/C20H16FN3OS/c21-16-10-8-14(9-11-16)18(22-13-17-7-4-12-26-17)20-24-23-19(25-20)15-5-2-1-3-6-15/h1-12,18,22H,13H2. The molecule has 2 aromatic carbocycles. The Kier molecular flexibility index (Phi) is 4.86. The lowest BCUT2D eigenvalue weighted by atomic mass is 10.1. The van der Waals surface area contributed by atoms with E-state index in [4.69, 9.17) is 4.42 Å². The van der Waals surface area contributed by atoms with Crippen molar-refractivity contribution < 1.29 is 8.81 Å². The molecule has 1 unspecified atom stereocenters. The Balaban J connectivity index is 1.63. The number of nitrogens with zero attached hydrogens (tertiary/aromatic N) is 2. The van der Waals surface area contributed by atoms with Gasteiger partial charge in [0.1, 0.15) is 11.9 Å². The second-order valence-electron chi connectivity index (χ2n) is 5.76. The minimum Gasteiger partial charge on any atom is -0.419 e. The molecule has 2 aromatic heterocycles. The molecule has 0 aliphatic rings. The Hall–Kier alpha value is -2.83.